The number of aryl methyl sites for hydroxylation is 2. The predicted octanol–water partition coefficient (Wildman–Crippen LogP) is 4.40. The van der Waals surface area contributed by atoms with Crippen molar-refractivity contribution in [3.63, 3.8) is 0 Å². The Morgan fingerprint density at radius 2 is 1.87 bits per heavy atom. The van der Waals surface area contributed by atoms with E-state index < -0.39 is 15.8 Å². The van der Waals surface area contributed by atoms with Crippen LogP contribution in [0.2, 0.25) is 5.02 Å². The lowest BCUT2D eigenvalue weighted by Gasteiger charge is -2.10. The van der Waals surface area contributed by atoms with Gasteiger partial charge in [-0.15, -0.1) is 0 Å². The fourth-order valence-electron chi connectivity index (χ4n) is 2.75. The molecule has 0 aliphatic carbocycles. The SMILES string of the molecule is Cc1cc(Oc2cc(NC(=O)Cn3cc([N+](=O)[O-])c(C)n3)cc([N+](=O)[O-])c2)ccc1Cl. The lowest BCUT2D eigenvalue weighted by molar-refractivity contribution is -0.385. The summed E-state index contributed by atoms with van der Waals surface area (Å²) in [5, 5.41) is 29.2. The first kappa shape index (κ1) is 21.7. The second kappa shape index (κ2) is 8.79. The minimum atomic E-state index is -0.615. The van der Waals surface area contributed by atoms with Crippen molar-refractivity contribution in [2.45, 2.75) is 20.4 Å². The summed E-state index contributed by atoms with van der Waals surface area (Å²) < 4.78 is 6.80. The normalized spacial score (nSPS) is 10.5. The molecule has 0 spiro atoms. The molecule has 0 saturated carbocycles. The molecular weight excluding hydrogens is 430 g/mol. The van der Waals surface area contributed by atoms with Crippen molar-refractivity contribution in [3.05, 3.63) is 79.1 Å². The summed E-state index contributed by atoms with van der Waals surface area (Å²) in [4.78, 5) is 33.3. The van der Waals surface area contributed by atoms with Gasteiger partial charge in [-0.05, 0) is 37.6 Å². The summed E-state index contributed by atoms with van der Waals surface area (Å²) in [6, 6.07) is 8.74. The Labute approximate surface area is 180 Å². The third kappa shape index (κ3) is 5.34. The quantitative estimate of drug-likeness (QED) is 0.419. The first-order valence-corrected chi connectivity index (χ1v) is 9.22. The number of amides is 1. The Kier molecular flexibility index (Phi) is 6.16. The van der Waals surface area contributed by atoms with Crippen LogP contribution in [0.5, 0.6) is 11.5 Å². The predicted molar refractivity (Wildman–Crippen MR) is 112 cm³/mol. The maximum Gasteiger partial charge on any atom is 0.309 e. The summed E-state index contributed by atoms with van der Waals surface area (Å²) in [5.41, 5.74) is 0.559. The van der Waals surface area contributed by atoms with E-state index in [0.717, 1.165) is 16.4 Å². The average Bonchev–Trinajstić information content (AvgIpc) is 3.04. The van der Waals surface area contributed by atoms with Crippen LogP contribution in [-0.4, -0.2) is 25.5 Å². The minimum Gasteiger partial charge on any atom is -0.457 e. The lowest BCUT2D eigenvalue weighted by atomic mass is 10.2. The van der Waals surface area contributed by atoms with Crippen LogP contribution in [0.4, 0.5) is 17.1 Å². The molecule has 0 aliphatic rings. The molecule has 2 aromatic carbocycles. The van der Waals surface area contributed by atoms with Gasteiger partial charge in [0.15, 0.2) is 0 Å². The van der Waals surface area contributed by atoms with Gasteiger partial charge in [0.25, 0.3) is 5.69 Å². The van der Waals surface area contributed by atoms with Gasteiger partial charge in [-0.3, -0.25) is 29.7 Å². The van der Waals surface area contributed by atoms with Gasteiger partial charge >= 0.3 is 5.69 Å². The van der Waals surface area contributed by atoms with Crippen LogP contribution in [0.15, 0.2) is 42.6 Å². The van der Waals surface area contributed by atoms with Gasteiger partial charge in [-0.1, -0.05) is 11.6 Å². The Morgan fingerprint density at radius 3 is 2.48 bits per heavy atom. The number of nitrogens with one attached hydrogen (secondary N) is 1. The first-order chi connectivity index (χ1) is 14.6. The molecule has 0 atom stereocenters. The van der Waals surface area contributed by atoms with Crippen molar-refractivity contribution in [3.8, 4) is 11.5 Å². The second-order valence-corrected chi connectivity index (χ2v) is 7.00. The number of ether oxygens (including phenoxy) is 1. The number of carbonyl (C=O) groups excluding carboxylic acids is 1. The van der Waals surface area contributed by atoms with Crippen molar-refractivity contribution in [1.29, 1.82) is 0 Å². The number of aromatic nitrogens is 2. The van der Waals surface area contributed by atoms with Crippen molar-refractivity contribution >= 4 is 34.6 Å². The number of nitro groups is 2. The van der Waals surface area contributed by atoms with Crippen LogP contribution in [0.1, 0.15) is 11.3 Å². The number of nitro benzene ring substituents is 1. The highest BCUT2D eigenvalue weighted by Gasteiger charge is 2.18. The second-order valence-electron chi connectivity index (χ2n) is 6.59. The number of hydrogen-bond donors (Lipinski definition) is 1. The zero-order valence-electron chi connectivity index (χ0n) is 16.4. The molecule has 0 aliphatic heterocycles. The third-order valence-corrected chi connectivity index (χ3v) is 4.60. The van der Waals surface area contributed by atoms with Gasteiger partial charge < -0.3 is 10.1 Å². The number of nitrogens with zero attached hydrogens (tertiary/aromatic N) is 4. The average molecular weight is 446 g/mol. The van der Waals surface area contributed by atoms with Crippen LogP contribution in [0, 0.1) is 34.1 Å². The zero-order valence-corrected chi connectivity index (χ0v) is 17.1. The number of hydrogen-bond acceptors (Lipinski definition) is 7. The highest BCUT2D eigenvalue weighted by Crippen LogP contribution is 2.31. The van der Waals surface area contributed by atoms with Crippen LogP contribution in [0.3, 0.4) is 0 Å². The Bertz CT molecular complexity index is 1190. The van der Waals surface area contributed by atoms with E-state index in [1.54, 1.807) is 25.1 Å². The topological polar surface area (TPSA) is 142 Å². The minimum absolute atomic E-state index is 0.123. The molecule has 1 heterocycles. The van der Waals surface area contributed by atoms with E-state index in [1.165, 1.54) is 25.1 Å². The maximum absolute atomic E-state index is 12.3. The molecule has 0 radical (unpaired) electrons. The Morgan fingerprint density at radius 1 is 1.13 bits per heavy atom. The summed E-state index contributed by atoms with van der Waals surface area (Å²) in [5.74, 6) is -0.0259. The first-order valence-electron chi connectivity index (χ1n) is 8.84. The van der Waals surface area contributed by atoms with Crippen molar-refractivity contribution < 1.29 is 19.4 Å². The van der Waals surface area contributed by atoms with Crippen molar-refractivity contribution in [2.75, 3.05) is 5.32 Å². The van der Waals surface area contributed by atoms with E-state index in [9.17, 15) is 25.0 Å². The largest absolute Gasteiger partial charge is 0.457 e. The number of anilines is 1. The lowest BCUT2D eigenvalue weighted by Crippen LogP contribution is -2.19. The molecule has 0 fully saturated rings. The highest BCUT2D eigenvalue weighted by molar-refractivity contribution is 6.31. The van der Waals surface area contributed by atoms with Crippen LogP contribution < -0.4 is 10.1 Å². The van der Waals surface area contributed by atoms with Crippen molar-refractivity contribution in [2.24, 2.45) is 0 Å². The number of carbonyl (C=O) groups is 1. The van der Waals surface area contributed by atoms with E-state index in [0.29, 0.717) is 10.8 Å². The van der Waals surface area contributed by atoms with E-state index in [2.05, 4.69) is 10.4 Å². The molecule has 1 N–H and O–H groups in total. The van der Waals surface area contributed by atoms with E-state index in [1.807, 2.05) is 0 Å². The highest BCUT2D eigenvalue weighted by atomic mass is 35.5. The Balaban J connectivity index is 1.80. The number of non-ortho nitro benzene ring substituents is 1. The molecule has 3 rings (SSSR count). The third-order valence-electron chi connectivity index (χ3n) is 4.17. The van der Waals surface area contributed by atoms with Gasteiger partial charge in [0, 0.05) is 17.2 Å². The van der Waals surface area contributed by atoms with Crippen molar-refractivity contribution in [1.82, 2.24) is 9.78 Å². The number of benzene rings is 2. The van der Waals surface area contributed by atoms with Gasteiger partial charge in [0.05, 0.1) is 21.6 Å². The molecule has 12 heteroatoms. The smallest absolute Gasteiger partial charge is 0.309 e. The van der Waals surface area contributed by atoms with Gasteiger partial charge in [-0.25, -0.2) is 0 Å². The monoisotopic (exact) mass is 445 g/mol. The number of halogens is 1. The van der Waals surface area contributed by atoms with Gasteiger partial charge in [0.2, 0.25) is 5.91 Å². The Hall–Kier alpha value is -3.99. The molecule has 0 saturated heterocycles. The maximum atomic E-state index is 12.3. The molecule has 3 aromatic rings. The fourth-order valence-corrected chi connectivity index (χ4v) is 2.87. The molecule has 160 valence electrons. The fraction of sp³-hybridized carbons (Fsp3) is 0.158. The van der Waals surface area contributed by atoms with Gasteiger partial charge in [0.1, 0.15) is 29.9 Å². The van der Waals surface area contributed by atoms with Crippen LogP contribution in [0.25, 0.3) is 0 Å². The molecular formula is C19H16ClN5O6. The van der Waals surface area contributed by atoms with E-state index in [-0.39, 0.29) is 35.1 Å². The zero-order chi connectivity index (χ0) is 22.7. The number of rotatable bonds is 7. The summed E-state index contributed by atoms with van der Waals surface area (Å²) in [7, 11) is 0. The van der Waals surface area contributed by atoms with Gasteiger partial charge in [-0.2, -0.15) is 5.10 Å². The standard InChI is InChI=1S/C19H16ClN5O6/c1-11-5-15(3-4-17(11)20)31-16-7-13(6-14(8-16)24(27)28)21-19(26)10-23-9-18(25(29)30)12(2)22-23/h3-9H,10H2,1-2H3,(H,21,26). The molecule has 11 nitrogen and oxygen atoms in total. The molecule has 31 heavy (non-hydrogen) atoms. The molecule has 0 bridgehead atoms. The molecule has 1 amide bonds. The van der Waals surface area contributed by atoms with E-state index in [4.69, 9.17) is 16.3 Å². The molecule has 0 unspecified atom stereocenters. The summed E-state index contributed by atoms with van der Waals surface area (Å²) in [6.07, 6.45) is 1.14. The molecule has 1 aromatic heterocycles. The van der Waals surface area contributed by atoms with E-state index >= 15 is 0 Å². The van der Waals surface area contributed by atoms with Crippen LogP contribution in [-0.2, 0) is 11.3 Å². The summed E-state index contributed by atoms with van der Waals surface area (Å²) >= 11 is 5.99. The summed E-state index contributed by atoms with van der Waals surface area (Å²) in [6.45, 7) is 2.93. The van der Waals surface area contributed by atoms with Crippen LogP contribution >= 0.6 is 11.6 Å².